The summed E-state index contributed by atoms with van der Waals surface area (Å²) < 4.78 is 25.3. The van der Waals surface area contributed by atoms with Gasteiger partial charge >= 0.3 is 0 Å². The highest BCUT2D eigenvalue weighted by Gasteiger charge is 2.36. The molecule has 1 unspecified atom stereocenters. The highest BCUT2D eigenvalue weighted by atomic mass is 35.5. The second-order valence-corrected chi connectivity index (χ2v) is 12.3. The second-order valence-electron chi connectivity index (χ2n) is 8.63. The van der Waals surface area contributed by atoms with Gasteiger partial charge in [-0.2, -0.15) is 0 Å². The van der Waals surface area contributed by atoms with Gasteiger partial charge in [-0.1, -0.05) is 61.8 Å². The maximum atomic E-state index is 13.7. The van der Waals surface area contributed by atoms with E-state index >= 15 is 0 Å². The minimum absolute atomic E-state index is 0.00440. The summed E-state index contributed by atoms with van der Waals surface area (Å²) in [5, 5.41) is 1.31. The van der Waals surface area contributed by atoms with E-state index < -0.39 is 9.84 Å². The number of fused-ring (bicyclic) bond motifs is 1. The van der Waals surface area contributed by atoms with E-state index in [1.54, 1.807) is 4.90 Å². The van der Waals surface area contributed by atoms with Crippen molar-refractivity contribution >= 4 is 48.8 Å². The van der Waals surface area contributed by atoms with Crippen LogP contribution in [0.25, 0.3) is 10.1 Å². The molecular formula is C24H26ClNO3S2. The van der Waals surface area contributed by atoms with Gasteiger partial charge in [0.15, 0.2) is 9.84 Å². The van der Waals surface area contributed by atoms with Gasteiger partial charge in [-0.3, -0.25) is 4.79 Å². The quantitative estimate of drug-likeness (QED) is 0.467. The van der Waals surface area contributed by atoms with Gasteiger partial charge in [-0.15, -0.1) is 11.3 Å². The van der Waals surface area contributed by atoms with E-state index in [1.165, 1.54) is 16.9 Å². The van der Waals surface area contributed by atoms with Crippen LogP contribution in [0.15, 0.2) is 42.5 Å². The Kier molecular flexibility index (Phi) is 6.16. The van der Waals surface area contributed by atoms with Crippen LogP contribution in [-0.2, 0) is 16.4 Å². The number of amides is 1. The molecular weight excluding hydrogens is 450 g/mol. The van der Waals surface area contributed by atoms with Crippen molar-refractivity contribution in [3.05, 3.63) is 69.1 Å². The average Bonchev–Trinajstić information content (AvgIpc) is 3.24. The Hall–Kier alpha value is -1.89. The van der Waals surface area contributed by atoms with E-state index in [9.17, 15) is 13.2 Å². The standard InChI is InChI=1S/C24H26ClNO3S2/c1-15(2)18-7-5-17(6-8-18)13-26(19-10-11-31(28,29)14-19)24(27)23-22(25)20-9-4-16(3)12-21(20)30-23/h4-9,12,15,19H,10-11,13-14H2,1-3H3. The van der Waals surface area contributed by atoms with Crippen molar-refractivity contribution in [1.82, 2.24) is 4.90 Å². The van der Waals surface area contributed by atoms with Crippen molar-refractivity contribution in [2.24, 2.45) is 0 Å². The first-order valence-electron chi connectivity index (χ1n) is 10.4. The van der Waals surface area contributed by atoms with Crippen LogP contribution >= 0.6 is 22.9 Å². The maximum Gasteiger partial charge on any atom is 0.266 e. The molecule has 0 N–H and O–H groups in total. The van der Waals surface area contributed by atoms with Gasteiger partial charge in [0.2, 0.25) is 0 Å². The number of benzene rings is 2. The van der Waals surface area contributed by atoms with Crippen molar-refractivity contribution in [3.63, 3.8) is 0 Å². The summed E-state index contributed by atoms with van der Waals surface area (Å²) in [7, 11) is -3.13. The van der Waals surface area contributed by atoms with E-state index in [1.807, 2.05) is 37.3 Å². The summed E-state index contributed by atoms with van der Waals surface area (Å²) in [6, 6.07) is 13.8. The Labute approximate surface area is 192 Å². The predicted octanol–water partition coefficient (Wildman–Crippen LogP) is 5.82. The molecule has 1 amide bonds. The van der Waals surface area contributed by atoms with E-state index in [0.717, 1.165) is 21.2 Å². The molecule has 1 aliphatic heterocycles. The number of aryl methyl sites for hydroxylation is 1. The number of carbonyl (C=O) groups excluding carboxylic acids is 1. The highest BCUT2D eigenvalue weighted by molar-refractivity contribution is 7.91. The van der Waals surface area contributed by atoms with Crippen molar-refractivity contribution in [2.75, 3.05) is 11.5 Å². The van der Waals surface area contributed by atoms with Gasteiger partial charge in [0.1, 0.15) is 4.88 Å². The Morgan fingerprint density at radius 1 is 1.19 bits per heavy atom. The topological polar surface area (TPSA) is 54.5 Å². The molecule has 7 heteroatoms. The monoisotopic (exact) mass is 475 g/mol. The molecule has 1 fully saturated rings. The van der Waals surface area contributed by atoms with Gasteiger partial charge in [0.25, 0.3) is 5.91 Å². The molecule has 4 nitrogen and oxygen atoms in total. The molecule has 3 aromatic rings. The van der Waals surface area contributed by atoms with Crippen molar-refractivity contribution in [3.8, 4) is 0 Å². The fourth-order valence-electron chi connectivity index (χ4n) is 4.03. The number of rotatable bonds is 5. The van der Waals surface area contributed by atoms with Crippen molar-refractivity contribution < 1.29 is 13.2 Å². The largest absolute Gasteiger partial charge is 0.330 e. The number of carbonyl (C=O) groups is 1. The lowest BCUT2D eigenvalue weighted by atomic mass is 10.0. The van der Waals surface area contributed by atoms with Crippen LogP contribution in [0.4, 0.5) is 0 Å². The molecule has 4 rings (SSSR count). The Bertz CT molecular complexity index is 1230. The molecule has 2 heterocycles. The molecule has 2 aromatic carbocycles. The van der Waals surface area contributed by atoms with Gasteiger partial charge < -0.3 is 4.90 Å². The molecule has 0 bridgehead atoms. The SMILES string of the molecule is Cc1ccc2c(Cl)c(C(=O)N(Cc3ccc(C(C)C)cc3)C3CCS(=O)(=O)C3)sc2c1. The lowest BCUT2D eigenvalue weighted by molar-refractivity contribution is 0.0686. The number of nitrogens with zero attached hydrogens (tertiary/aromatic N) is 1. The molecule has 1 atom stereocenters. The molecule has 1 aliphatic rings. The van der Waals surface area contributed by atoms with Gasteiger partial charge in [0.05, 0.1) is 16.5 Å². The normalized spacial score (nSPS) is 18.0. The lowest BCUT2D eigenvalue weighted by Crippen LogP contribution is -2.40. The zero-order chi connectivity index (χ0) is 22.3. The summed E-state index contributed by atoms with van der Waals surface area (Å²) in [5.74, 6) is 0.351. The smallest absolute Gasteiger partial charge is 0.266 e. The Morgan fingerprint density at radius 2 is 1.90 bits per heavy atom. The number of hydrogen-bond acceptors (Lipinski definition) is 4. The third-order valence-electron chi connectivity index (χ3n) is 5.89. The molecule has 1 aromatic heterocycles. The van der Waals surface area contributed by atoms with E-state index in [0.29, 0.717) is 28.8 Å². The van der Waals surface area contributed by atoms with E-state index in [4.69, 9.17) is 11.6 Å². The third kappa shape index (κ3) is 4.66. The van der Waals surface area contributed by atoms with Crippen LogP contribution in [0.2, 0.25) is 5.02 Å². The van der Waals surface area contributed by atoms with Crippen LogP contribution in [0.5, 0.6) is 0 Å². The summed E-state index contributed by atoms with van der Waals surface area (Å²) in [5.41, 5.74) is 3.32. The van der Waals surface area contributed by atoms with Gasteiger partial charge in [0, 0.05) is 22.7 Å². The highest BCUT2D eigenvalue weighted by Crippen LogP contribution is 2.37. The summed E-state index contributed by atoms with van der Waals surface area (Å²) in [6.45, 7) is 6.64. The summed E-state index contributed by atoms with van der Waals surface area (Å²) >= 11 is 7.99. The molecule has 0 saturated carbocycles. The first-order valence-corrected chi connectivity index (χ1v) is 13.4. The fourth-order valence-corrected chi connectivity index (χ4v) is 7.33. The summed E-state index contributed by atoms with van der Waals surface area (Å²) in [6.07, 6.45) is 0.458. The number of hydrogen-bond donors (Lipinski definition) is 0. The van der Waals surface area contributed by atoms with Crippen LogP contribution < -0.4 is 0 Å². The minimum Gasteiger partial charge on any atom is -0.330 e. The zero-order valence-electron chi connectivity index (χ0n) is 17.9. The molecule has 0 spiro atoms. The van der Waals surface area contributed by atoms with Crippen molar-refractivity contribution in [2.45, 2.75) is 45.7 Å². The second kappa shape index (κ2) is 8.57. The van der Waals surface area contributed by atoms with E-state index in [-0.39, 0.29) is 23.5 Å². The minimum atomic E-state index is -3.13. The van der Waals surface area contributed by atoms with E-state index in [2.05, 4.69) is 26.0 Å². The van der Waals surface area contributed by atoms with Crippen LogP contribution in [0, 0.1) is 6.92 Å². The maximum absolute atomic E-state index is 13.7. The lowest BCUT2D eigenvalue weighted by Gasteiger charge is -2.28. The van der Waals surface area contributed by atoms with Gasteiger partial charge in [-0.25, -0.2) is 8.42 Å². The fraction of sp³-hybridized carbons (Fsp3) is 0.375. The molecule has 0 radical (unpaired) electrons. The molecule has 1 saturated heterocycles. The van der Waals surface area contributed by atoms with Gasteiger partial charge in [-0.05, 0) is 42.0 Å². The first-order chi connectivity index (χ1) is 14.6. The Morgan fingerprint density at radius 3 is 2.52 bits per heavy atom. The van der Waals surface area contributed by atoms with Crippen molar-refractivity contribution in [1.29, 1.82) is 0 Å². The first kappa shape index (κ1) is 22.3. The zero-order valence-corrected chi connectivity index (χ0v) is 20.3. The molecule has 164 valence electrons. The average molecular weight is 476 g/mol. The summed E-state index contributed by atoms with van der Waals surface area (Å²) in [4.78, 5) is 15.8. The third-order valence-corrected chi connectivity index (χ3v) is 9.28. The number of halogens is 1. The van der Waals surface area contributed by atoms with Crippen LogP contribution in [-0.4, -0.2) is 36.8 Å². The Balaban J connectivity index is 1.70. The predicted molar refractivity (Wildman–Crippen MR) is 129 cm³/mol. The number of sulfone groups is 1. The van der Waals surface area contributed by atoms with Crippen LogP contribution in [0.3, 0.4) is 0 Å². The molecule has 0 aliphatic carbocycles. The van der Waals surface area contributed by atoms with Crippen LogP contribution in [0.1, 0.15) is 52.5 Å². The number of thiophene rings is 1. The molecule has 31 heavy (non-hydrogen) atoms.